The van der Waals surface area contributed by atoms with Crippen LogP contribution < -0.4 is 0 Å². The minimum atomic E-state index is -0.674. The summed E-state index contributed by atoms with van der Waals surface area (Å²) in [7, 11) is 1.95. The first kappa shape index (κ1) is 8.63. The average molecular weight is 182 g/mol. The Morgan fingerprint density at radius 3 is 1.90 bits per heavy atom. The molecule has 1 saturated heterocycles. The second-order valence-electron chi connectivity index (χ2n) is 3.60. The molecule has 0 atom stereocenters. The first-order valence-corrected chi connectivity index (χ1v) is 4.22. The summed E-state index contributed by atoms with van der Waals surface area (Å²) in [4.78, 5) is 1.98. The minimum absolute atomic E-state index is 0.0187. The lowest BCUT2D eigenvalue weighted by Crippen LogP contribution is -2.39. The fourth-order valence-electron chi connectivity index (χ4n) is 1.25. The Morgan fingerprint density at radius 1 is 1.30 bits per heavy atom. The number of alkyl halides is 2. The average Bonchev–Trinajstić information content (AvgIpc) is 1.94. The van der Waals surface area contributed by atoms with Gasteiger partial charge in [0.2, 0.25) is 0 Å². The summed E-state index contributed by atoms with van der Waals surface area (Å²) in [5, 5.41) is 0. The Kier molecular flexibility index (Phi) is 1.95. The van der Waals surface area contributed by atoms with Crippen LogP contribution in [0.15, 0.2) is 0 Å². The molecule has 0 aromatic carbocycles. The van der Waals surface area contributed by atoms with Gasteiger partial charge in [-0.1, -0.05) is 37.0 Å². The lowest BCUT2D eigenvalue weighted by molar-refractivity contribution is 0.253. The van der Waals surface area contributed by atoms with Crippen LogP contribution in [-0.4, -0.2) is 22.9 Å². The van der Waals surface area contributed by atoms with Gasteiger partial charge in [0, 0.05) is 12.0 Å². The highest BCUT2D eigenvalue weighted by atomic mass is 35.5. The highest BCUT2D eigenvalue weighted by Crippen LogP contribution is 2.49. The van der Waals surface area contributed by atoms with Crippen LogP contribution >= 0.6 is 23.2 Å². The van der Waals surface area contributed by atoms with Gasteiger partial charge in [0.25, 0.3) is 0 Å². The molecule has 1 rings (SSSR count). The smallest absolute Gasteiger partial charge is 0.176 e. The van der Waals surface area contributed by atoms with E-state index in [2.05, 4.69) is 13.8 Å². The fourth-order valence-corrected chi connectivity index (χ4v) is 1.61. The minimum Gasteiger partial charge on any atom is -0.275 e. The first-order valence-electron chi connectivity index (χ1n) is 3.47. The third-order valence-corrected chi connectivity index (χ3v) is 3.97. The van der Waals surface area contributed by atoms with Crippen LogP contribution in [0.25, 0.3) is 0 Å². The highest BCUT2D eigenvalue weighted by Gasteiger charge is 2.50. The Bertz CT molecular complexity index is 143. The predicted octanol–water partition coefficient (Wildman–Crippen LogP) is 2.48. The SMILES string of the molecule is CN1CCC(C)(C)C1(Cl)Cl. The summed E-state index contributed by atoms with van der Waals surface area (Å²) in [6, 6.07) is 0. The summed E-state index contributed by atoms with van der Waals surface area (Å²) in [6.45, 7) is 5.17. The van der Waals surface area contributed by atoms with E-state index in [0.717, 1.165) is 13.0 Å². The molecule has 60 valence electrons. The maximum Gasteiger partial charge on any atom is 0.176 e. The normalized spacial score (nSPS) is 30.9. The topological polar surface area (TPSA) is 3.24 Å². The van der Waals surface area contributed by atoms with Crippen molar-refractivity contribution in [2.24, 2.45) is 5.41 Å². The van der Waals surface area contributed by atoms with E-state index in [0.29, 0.717) is 0 Å². The second-order valence-corrected chi connectivity index (χ2v) is 4.88. The van der Waals surface area contributed by atoms with Crippen LogP contribution in [0.1, 0.15) is 20.3 Å². The van der Waals surface area contributed by atoms with Crippen molar-refractivity contribution >= 4 is 23.2 Å². The van der Waals surface area contributed by atoms with E-state index < -0.39 is 4.46 Å². The van der Waals surface area contributed by atoms with Crippen molar-refractivity contribution in [1.29, 1.82) is 0 Å². The summed E-state index contributed by atoms with van der Waals surface area (Å²) in [6.07, 6.45) is 1.07. The lowest BCUT2D eigenvalue weighted by Gasteiger charge is -2.33. The van der Waals surface area contributed by atoms with Crippen molar-refractivity contribution in [2.45, 2.75) is 24.7 Å². The Hall–Kier alpha value is 0.540. The van der Waals surface area contributed by atoms with Gasteiger partial charge in [0.15, 0.2) is 4.46 Å². The molecule has 0 unspecified atom stereocenters. The van der Waals surface area contributed by atoms with Crippen molar-refractivity contribution in [3.8, 4) is 0 Å². The van der Waals surface area contributed by atoms with Gasteiger partial charge in [0.05, 0.1) is 0 Å². The van der Waals surface area contributed by atoms with Gasteiger partial charge in [-0.05, 0) is 13.5 Å². The van der Waals surface area contributed by atoms with Crippen molar-refractivity contribution in [3.05, 3.63) is 0 Å². The maximum absolute atomic E-state index is 6.10. The van der Waals surface area contributed by atoms with Crippen LogP contribution in [0.5, 0.6) is 0 Å². The van der Waals surface area contributed by atoms with E-state index >= 15 is 0 Å². The van der Waals surface area contributed by atoms with Crippen molar-refractivity contribution in [3.63, 3.8) is 0 Å². The van der Waals surface area contributed by atoms with Gasteiger partial charge in [-0.3, -0.25) is 4.90 Å². The zero-order valence-corrected chi connectivity index (χ0v) is 8.13. The molecular weight excluding hydrogens is 169 g/mol. The number of hydrogen-bond acceptors (Lipinski definition) is 1. The van der Waals surface area contributed by atoms with Gasteiger partial charge >= 0.3 is 0 Å². The van der Waals surface area contributed by atoms with Gasteiger partial charge < -0.3 is 0 Å². The molecule has 0 saturated carbocycles. The van der Waals surface area contributed by atoms with E-state index in [1.165, 1.54) is 0 Å². The molecule has 0 amide bonds. The standard InChI is InChI=1S/C7H13Cl2N/c1-6(2)4-5-10(3)7(6,8)9/h4-5H2,1-3H3. The quantitative estimate of drug-likeness (QED) is 0.411. The summed E-state index contributed by atoms with van der Waals surface area (Å²) < 4.78 is -0.674. The Labute approximate surface area is 72.3 Å². The first-order chi connectivity index (χ1) is 4.38. The van der Waals surface area contributed by atoms with E-state index in [-0.39, 0.29) is 5.41 Å². The number of nitrogens with zero attached hydrogens (tertiary/aromatic N) is 1. The molecule has 1 aliphatic rings. The largest absolute Gasteiger partial charge is 0.275 e. The number of halogens is 2. The number of rotatable bonds is 0. The molecule has 10 heavy (non-hydrogen) atoms. The zero-order valence-electron chi connectivity index (χ0n) is 6.62. The summed E-state index contributed by atoms with van der Waals surface area (Å²) in [5.41, 5.74) is 0.0187. The Morgan fingerprint density at radius 2 is 1.80 bits per heavy atom. The predicted molar refractivity (Wildman–Crippen MR) is 45.5 cm³/mol. The van der Waals surface area contributed by atoms with Gasteiger partial charge in [-0.25, -0.2) is 0 Å². The summed E-state index contributed by atoms with van der Waals surface area (Å²) >= 11 is 12.2. The third kappa shape index (κ3) is 1.05. The van der Waals surface area contributed by atoms with Crippen LogP contribution in [0.2, 0.25) is 0 Å². The van der Waals surface area contributed by atoms with Crippen molar-refractivity contribution < 1.29 is 0 Å². The molecule has 0 aromatic heterocycles. The van der Waals surface area contributed by atoms with Crippen LogP contribution in [0.4, 0.5) is 0 Å². The van der Waals surface area contributed by atoms with Crippen molar-refractivity contribution in [1.82, 2.24) is 4.90 Å². The molecule has 0 aromatic rings. The van der Waals surface area contributed by atoms with Crippen molar-refractivity contribution in [2.75, 3.05) is 13.6 Å². The maximum atomic E-state index is 6.10. The summed E-state index contributed by atoms with van der Waals surface area (Å²) in [5.74, 6) is 0. The van der Waals surface area contributed by atoms with Crippen LogP contribution in [0.3, 0.4) is 0 Å². The molecule has 1 aliphatic heterocycles. The molecule has 1 nitrogen and oxygen atoms in total. The van der Waals surface area contributed by atoms with Gasteiger partial charge in [0.1, 0.15) is 0 Å². The highest BCUT2D eigenvalue weighted by molar-refractivity contribution is 6.48. The van der Waals surface area contributed by atoms with E-state index in [1.807, 2.05) is 11.9 Å². The second kappa shape index (κ2) is 2.26. The molecule has 0 aliphatic carbocycles. The lowest BCUT2D eigenvalue weighted by atomic mass is 9.92. The van der Waals surface area contributed by atoms with Crippen LogP contribution in [-0.2, 0) is 0 Å². The molecule has 3 heteroatoms. The van der Waals surface area contributed by atoms with E-state index in [9.17, 15) is 0 Å². The molecule has 0 bridgehead atoms. The van der Waals surface area contributed by atoms with Gasteiger partial charge in [-0.2, -0.15) is 0 Å². The molecule has 0 radical (unpaired) electrons. The zero-order chi connectivity index (χ0) is 7.99. The van der Waals surface area contributed by atoms with E-state index in [4.69, 9.17) is 23.2 Å². The molecule has 1 heterocycles. The van der Waals surface area contributed by atoms with Gasteiger partial charge in [-0.15, -0.1) is 0 Å². The number of likely N-dealkylation sites (tertiary alicyclic amines) is 1. The molecule has 1 fully saturated rings. The molecule has 0 spiro atoms. The van der Waals surface area contributed by atoms with Crippen LogP contribution in [0, 0.1) is 5.41 Å². The Balaban J connectivity index is 2.84. The molecular formula is C7H13Cl2N. The number of hydrogen-bond donors (Lipinski definition) is 0. The third-order valence-electron chi connectivity index (χ3n) is 2.37. The fraction of sp³-hybridized carbons (Fsp3) is 1.00. The monoisotopic (exact) mass is 181 g/mol. The molecule has 0 N–H and O–H groups in total. The van der Waals surface area contributed by atoms with E-state index in [1.54, 1.807) is 0 Å².